The summed E-state index contributed by atoms with van der Waals surface area (Å²) in [5.74, 6) is -0.193. The molecule has 2 unspecified atom stereocenters. The van der Waals surface area contributed by atoms with Crippen molar-refractivity contribution in [3.8, 4) is 0 Å². The zero-order valence-electron chi connectivity index (χ0n) is 16.1. The molecular weight excluding hydrogens is 361 g/mol. The molecule has 0 radical (unpaired) electrons. The van der Waals surface area contributed by atoms with Gasteiger partial charge in [0.25, 0.3) is 5.56 Å². The summed E-state index contributed by atoms with van der Waals surface area (Å²) >= 11 is 0. The summed E-state index contributed by atoms with van der Waals surface area (Å²) in [6.07, 6.45) is 2.64. The van der Waals surface area contributed by atoms with Crippen LogP contribution >= 0.6 is 0 Å². The Labute approximate surface area is 162 Å². The monoisotopic (exact) mass is 385 g/mol. The molecule has 2 fully saturated rings. The summed E-state index contributed by atoms with van der Waals surface area (Å²) in [7, 11) is 1.85. The lowest BCUT2D eigenvalue weighted by atomic mass is 9.99. The maximum atomic E-state index is 15.1. The lowest BCUT2D eigenvalue weighted by molar-refractivity contribution is 0.421. The van der Waals surface area contributed by atoms with Gasteiger partial charge in [-0.05, 0) is 39.3 Å². The summed E-state index contributed by atoms with van der Waals surface area (Å²) in [5, 5.41) is 3.42. The second-order valence-electron chi connectivity index (χ2n) is 7.82. The number of aromatic amines is 1. The van der Waals surface area contributed by atoms with Gasteiger partial charge in [0.15, 0.2) is 0 Å². The van der Waals surface area contributed by atoms with Crippen LogP contribution in [0.1, 0.15) is 30.9 Å². The van der Waals surface area contributed by atoms with Gasteiger partial charge in [0, 0.05) is 30.6 Å². The van der Waals surface area contributed by atoms with Gasteiger partial charge in [-0.1, -0.05) is 0 Å². The van der Waals surface area contributed by atoms with Crippen molar-refractivity contribution in [2.45, 2.75) is 38.3 Å². The van der Waals surface area contributed by atoms with Crippen molar-refractivity contribution in [2.75, 3.05) is 31.6 Å². The van der Waals surface area contributed by atoms with E-state index in [1.165, 1.54) is 6.07 Å². The third kappa shape index (κ3) is 3.00. The maximum absolute atomic E-state index is 15.1. The highest BCUT2D eigenvalue weighted by molar-refractivity contribution is 5.87. The number of aryl methyl sites for hydroxylation is 1. The normalized spacial score (nSPS) is 20.5. The SMILES string of the molecule is [C-]#[N+]CC(NC)C1CCN(c2c(F)cc3c(=O)[nH]c(=O)n(C4CC4)c3c2C)C1. The molecule has 0 bridgehead atoms. The Morgan fingerprint density at radius 3 is 2.79 bits per heavy atom. The van der Waals surface area contributed by atoms with Crippen molar-refractivity contribution in [3.05, 3.63) is 49.7 Å². The number of halogens is 1. The Balaban J connectivity index is 1.81. The van der Waals surface area contributed by atoms with Crippen molar-refractivity contribution in [1.29, 1.82) is 0 Å². The molecule has 1 saturated heterocycles. The highest BCUT2D eigenvalue weighted by Crippen LogP contribution is 2.39. The van der Waals surface area contributed by atoms with Crippen LogP contribution in [0.25, 0.3) is 15.7 Å². The number of likely N-dealkylation sites (N-methyl/N-ethyl adjacent to an activating group) is 1. The number of fused-ring (bicyclic) bond motifs is 1. The number of aromatic nitrogens is 2. The third-order valence-electron chi connectivity index (χ3n) is 6.07. The number of hydrogen-bond donors (Lipinski definition) is 2. The van der Waals surface area contributed by atoms with Gasteiger partial charge in [0.2, 0.25) is 6.54 Å². The van der Waals surface area contributed by atoms with Gasteiger partial charge in [-0.25, -0.2) is 15.8 Å². The summed E-state index contributed by atoms with van der Waals surface area (Å²) in [6.45, 7) is 10.6. The molecule has 2 aliphatic rings. The molecule has 1 saturated carbocycles. The lowest BCUT2D eigenvalue weighted by Gasteiger charge is -2.25. The molecule has 148 valence electrons. The molecule has 2 atom stereocenters. The van der Waals surface area contributed by atoms with E-state index in [0.717, 1.165) is 19.3 Å². The summed E-state index contributed by atoms with van der Waals surface area (Å²) < 4.78 is 16.7. The first-order chi connectivity index (χ1) is 13.5. The fourth-order valence-corrected chi connectivity index (χ4v) is 4.53. The van der Waals surface area contributed by atoms with E-state index >= 15 is 4.39 Å². The Hall–Kier alpha value is -2.66. The van der Waals surface area contributed by atoms with Crippen LogP contribution in [0.5, 0.6) is 0 Å². The second kappa shape index (κ2) is 7.06. The zero-order chi connectivity index (χ0) is 20.0. The predicted octanol–water partition coefficient (Wildman–Crippen LogP) is 1.81. The lowest BCUT2D eigenvalue weighted by Crippen LogP contribution is -2.37. The largest absolute Gasteiger partial charge is 0.369 e. The number of nitrogens with zero attached hydrogens (tertiary/aromatic N) is 3. The fourth-order valence-electron chi connectivity index (χ4n) is 4.53. The standard InChI is InChI=1S/C20H24FN5O2/c1-11-17-14(19(27)24-20(28)26(17)13-4-5-13)8-15(21)18(11)25-7-6-12(10-25)16(23-3)9-22-2/h8,12-13,16,23H,4-7,9-10H2,1,3H3,(H,24,27,28). The van der Waals surface area contributed by atoms with Crippen molar-refractivity contribution in [2.24, 2.45) is 5.92 Å². The van der Waals surface area contributed by atoms with Crippen molar-refractivity contribution < 1.29 is 4.39 Å². The summed E-state index contributed by atoms with van der Waals surface area (Å²) in [4.78, 5) is 32.5. The number of nitrogens with one attached hydrogen (secondary N) is 2. The Morgan fingerprint density at radius 1 is 1.39 bits per heavy atom. The minimum absolute atomic E-state index is 0.0683. The third-order valence-corrected chi connectivity index (χ3v) is 6.07. The highest BCUT2D eigenvalue weighted by Gasteiger charge is 2.34. The second-order valence-corrected chi connectivity index (χ2v) is 7.82. The van der Waals surface area contributed by atoms with E-state index in [4.69, 9.17) is 6.57 Å². The molecule has 8 heteroatoms. The smallest absolute Gasteiger partial charge is 0.329 e. The number of rotatable bonds is 5. The zero-order valence-corrected chi connectivity index (χ0v) is 16.1. The van der Waals surface area contributed by atoms with Crippen LogP contribution in [0, 0.1) is 25.2 Å². The fraction of sp³-hybridized carbons (Fsp3) is 0.550. The van der Waals surface area contributed by atoms with E-state index in [0.29, 0.717) is 36.4 Å². The van der Waals surface area contributed by atoms with Crippen molar-refractivity contribution in [3.63, 3.8) is 0 Å². The number of benzene rings is 1. The van der Waals surface area contributed by atoms with Gasteiger partial charge < -0.3 is 15.1 Å². The Kier molecular flexibility index (Phi) is 4.71. The van der Waals surface area contributed by atoms with E-state index in [1.54, 1.807) is 11.5 Å². The number of hydrogen-bond acceptors (Lipinski definition) is 4. The molecule has 0 amide bonds. The minimum atomic E-state index is -0.544. The van der Waals surface area contributed by atoms with Crippen LogP contribution in [-0.2, 0) is 0 Å². The molecule has 1 aliphatic heterocycles. The molecule has 1 aromatic heterocycles. The topological polar surface area (TPSA) is 74.5 Å². The van der Waals surface area contributed by atoms with Gasteiger partial charge in [-0.15, -0.1) is 0 Å². The summed E-state index contributed by atoms with van der Waals surface area (Å²) in [5.41, 5.74) is 0.677. The van der Waals surface area contributed by atoms with E-state index in [2.05, 4.69) is 15.1 Å². The van der Waals surface area contributed by atoms with Gasteiger partial charge in [0.1, 0.15) is 5.82 Å². The average molecular weight is 385 g/mol. The van der Waals surface area contributed by atoms with E-state index < -0.39 is 17.1 Å². The molecule has 7 nitrogen and oxygen atoms in total. The molecule has 28 heavy (non-hydrogen) atoms. The number of anilines is 1. The Morgan fingerprint density at radius 2 is 2.14 bits per heavy atom. The average Bonchev–Trinajstić information content (AvgIpc) is 3.38. The molecular formula is C20H24FN5O2. The maximum Gasteiger partial charge on any atom is 0.329 e. The molecule has 2 aromatic rings. The van der Waals surface area contributed by atoms with E-state index in [-0.39, 0.29) is 23.4 Å². The van der Waals surface area contributed by atoms with Crippen LogP contribution in [-0.4, -0.2) is 42.3 Å². The van der Waals surface area contributed by atoms with Crippen LogP contribution in [0.4, 0.5) is 10.1 Å². The molecule has 1 aliphatic carbocycles. The van der Waals surface area contributed by atoms with Crippen molar-refractivity contribution >= 4 is 16.6 Å². The minimum Gasteiger partial charge on any atom is -0.369 e. The first-order valence-corrected chi connectivity index (χ1v) is 9.69. The summed E-state index contributed by atoms with van der Waals surface area (Å²) in [6, 6.07) is 1.40. The highest BCUT2D eigenvalue weighted by atomic mass is 19.1. The number of H-pyrrole nitrogens is 1. The quantitative estimate of drug-likeness (QED) is 0.770. The first-order valence-electron chi connectivity index (χ1n) is 9.69. The van der Waals surface area contributed by atoms with E-state index in [1.807, 2.05) is 11.9 Å². The van der Waals surface area contributed by atoms with Gasteiger partial charge >= 0.3 is 5.69 Å². The predicted molar refractivity (Wildman–Crippen MR) is 106 cm³/mol. The molecule has 2 heterocycles. The van der Waals surface area contributed by atoms with E-state index in [9.17, 15) is 9.59 Å². The van der Waals surface area contributed by atoms with Crippen LogP contribution < -0.4 is 21.5 Å². The van der Waals surface area contributed by atoms with Crippen LogP contribution in [0.3, 0.4) is 0 Å². The van der Waals surface area contributed by atoms with Gasteiger partial charge in [0.05, 0.1) is 22.6 Å². The molecule has 2 N–H and O–H groups in total. The van der Waals surface area contributed by atoms with Gasteiger partial charge in [-0.3, -0.25) is 14.3 Å². The molecule has 4 rings (SSSR count). The van der Waals surface area contributed by atoms with Gasteiger partial charge in [-0.2, -0.15) is 0 Å². The van der Waals surface area contributed by atoms with Crippen LogP contribution in [0.15, 0.2) is 15.7 Å². The Bertz CT molecular complexity index is 1080. The molecule has 1 aromatic carbocycles. The van der Waals surface area contributed by atoms with Crippen molar-refractivity contribution in [1.82, 2.24) is 14.9 Å². The first kappa shape index (κ1) is 18.7. The molecule has 0 spiro atoms. The van der Waals surface area contributed by atoms with Crippen LogP contribution in [0.2, 0.25) is 0 Å².